The highest BCUT2D eigenvalue weighted by atomic mass is 32.2. The lowest BCUT2D eigenvalue weighted by Gasteiger charge is -2.11. The Balaban J connectivity index is 3.37. The minimum atomic E-state index is -0.343. The molecule has 0 saturated heterocycles. The van der Waals surface area contributed by atoms with Crippen LogP contribution in [0.4, 0.5) is 4.79 Å². The van der Waals surface area contributed by atoms with E-state index in [9.17, 15) is 4.79 Å². The van der Waals surface area contributed by atoms with Crippen molar-refractivity contribution in [2.24, 2.45) is 17.4 Å². The zero-order valence-electron chi connectivity index (χ0n) is 7.04. The number of hydrogen-bond donors (Lipinski definition) is 2. The molecule has 0 rings (SSSR count). The van der Waals surface area contributed by atoms with Crippen LogP contribution in [0.25, 0.3) is 0 Å². The van der Waals surface area contributed by atoms with Crippen LogP contribution in [0.2, 0.25) is 0 Å². The normalized spacial score (nSPS) is 13.5. The summed E-state index contributed by atoms with van der Waals surface area (Å²) in [5.74, 6) is 1.21. The zero-order chi connectivity index (χ0) is 8.85. The van der Waals surface area contributed by atoms with Crippen LogP contribution >= 0.6 is 11.8 Å². The Morgan fingerprint density at radius 3 is 2.45 bits per heavy atom. The van der Waals surface area contributed by atoms with Gasteiger partial charge in [-0.05, 0) is 12.3 Å². The molecule has 0 saturated carbocycles. The molecule has 0 bridgehead atoms. The molecule has 0 aromatic rings. The van der Waals surface area contributed by atoms with Crippen molar-refractivity contribution in [3.05, 3.63) is 0 Å². The van der Waals surface area contributed by atoms with E-state index in [-0.39, 0.29) is 11.3 Å². The van der Waals surface area contributed by atoms with Crippen LogP contribution in [-0.2, 0) is 0 Å². The van der Waals surface area contributed by atoms with Crippen LogP contribution in [0.15, 0.2) is 0 Å². The smallest absolute Gasteiger partial charge is 0.276 e. The molecule has 0 spiro atoms. The third kappa shape index (κ3) is 7.68. The maximum absolute atomic E-state index is 10.3. The third-order valence-electron chi connectivity index (χ3n) is 1.21. The van der Waals surface area contributed by atoms with E-state index in [4.69, 9.17) is 11.5 Å². The molecule has 3 nitrogen and oxygen atoms in total. The number of amides is 1. The molecular formula is C7H16N2OS. The van der Waals surface area contributed by atoms with E-state index >= 15 is 0 Å². The van der Waals surface area contributed by atoms with Crippen LogP contribution in [0.1, 0.15) is 20.3 Å². The molecule has 1 amide bonds. The van der Waals surface area contributed by atoms with E-state index in [0.29, 0.717) is 11.7 Å². The summed E-state index contributed by atoms with van der Waals surface area (Å²) in [7, 11) is 0. The molecule has 4 N–H and O–H groups in total. The van der Waals surface area contributed by atoms with Crippen LogP contribution in [-0.4, -0.2) is 17.0 Å². The van der Waals surface area contributed by atoms with Crippen molar-refractivity contribution in [1.82, 2.24) is 0 Å². The van der Waals surface area contributed by atoms with Crippen molar-refractivity contribution < 1.29 is 4.79 Å². The van der Waals surface area contributed by atoms with Gasteiger partial charge in [0.15, 0.2) is 0 Å². The Hall–Kier alpha value is -0.220. The van der Waals surface area contributed by atoms with Crippen LogP contribution in [0, 0.1) is 5.92 Å². The predicted octanol–water partition coefficient (Wildman–Crippen LogP) is 1.17. The number of primary amides is 1. The quantitative estimate of drug-likeness (QED) is 0.675. The van der Waals surface area contributed by atoms with E-state index in [1.807, 2.05) is 0 Å². The molecule has 0 radical (unpaired) electrons. The van der Waals surface area contributed by atoms with Gasteiger partial charge in [0.25, 0.3) is 5.24 Å². The Labute approximate surface area is 71.9 Å². The van der Waals surface area contributed by atoms with Crippen molar-refractivity contribution in [2.75, 3.05) is 5.75 Å². The highest BCUT2D eigenvalue weighted by molar-refractivity contribution is 8.13. The zero-order valence-corrected chi connectivity index (χ0v) is 7.86. The molecule has 0 fully saturated rings. The molecule has 1 atom stereocenters. The predicted molar refractivity (Wildman–Crippen MR) is 49.5 cm³/mol. The molecule has 11 heavy (non-hydrogen) atoms. The van der Waals surface area contributed by atoms with Gasteiger partial charge in [-0.15, -0.1) is 0 Å². The van der Waals surface area contributed by atoms with Crippen molar-refractivity contribution >= 4 is 17.0 Å². The minimum absolute atomic E-state index is 0.0903. The molecule has 0 aliphatic heterocycles. The fourth-order valence-corrected chi connectivity index (χ4v) is 1.38. The molecule has 0 aliphatic carbocycles. The highest BCUT2D eigenvalue weighted by Crippen LogP contribution is 2.08. The van der Waals surface area contributed by atoms with Crippen molar-refractivity contribution in [1.29, 1.82) is 0 Å². The van der Waals surface area contributed by atoms with E-state index in [1.54, 1.807) is 0 Å². The fourth-order valence-electron chi connectivity index (χ4n) is 0.863. The summed E-state index contributed by atoms with van der Waals surface area (Å²) in [5.41, 5.74) is 10.6. The second-order valence-corrected chi connectivity index (χ2v) is 4.04. The molecule has 0 aromatic heterocycles. The number of carbonyl (C=O) groups excluding carboxylic acids is 1. The Kier molecular flexibility index (Phi) is 5.32. The number of thioether (sulfide) groups is 1. The van der Waals surface area contributed by atoms with Gasteiger partial charge in [-0.2, -0.15) is 0 Å². The lowest BCUT2D eigenvalue weighted by molar-refractivity contribution is 0.267. The largest absolute Gasteiger partial charge is 0.361 e. The van der Waals surface area contributed by atoms with Gasteiger partial charge in [-0.1, -0.05) is 25.6 Å². The van der Waals surface area contributed by atoms with Crippen LogP contribution < -0.4 is 11.5 Å². The molecule has 0 aliphatic rings. The summed E-state index contributed by atoms with van der Waals surface area (Å²) in [6.45, 7) is 4.21. The van der Waals surface area contributed by atoms with Gasteiger partial charge in [0.05, 0.1) is 0 Å². The van der Waals surface area contributed by atoms with Crippen molar-refractivity contribution in [3.8, 4) is 0 Å². The number of hydrogen-bond acceptors (Lipinski definition) is 3. The van der Waals surface area contributed by atoms with Gasteiger partial charge in [-0.3, -0.25) is 4.79 Å². The lowest BCUT2D eigenvalue weighted by atomic mass is 10.1. The molecule has 0 aromatic carbocycles. The van der Waals surface area contributed by atoms with Crippen LogP contribution in [0.5, 0.6) is 0 Å². The standard InChI is InChI=1S/C7H16N2OS/c1-5(2)3-6(8)4-11-7(9)10/h5-6H,3-4,8H2,1-2H3,(H2,9,10)/t6-/m1/s1. The van der Waals surface area contributed by atoms with E-state index in [0.717, 1.165) is 18.2 Å². The second kappa shape index (κ2) is 5.43. The van der Waals surface area contributed by atoms with Gasteiger partial charge >= 0.3 is 0 Å². The van der Waals surface area contributed by atoms with Crippen molar-refractivity contribution in [2.45, 2.75) is 26.3 Å². The SMILES string of the molecule is CC(C)C[C@@H](N)CSC(N)=O. The highest BCUT2D eigenvalue weighted by Gasteiger charge is 2.06. The monoisotopic (exact) mass is 176 g/mol. The van der Waals surface area contributed by atoms with Gasteiger partial charge in [0.2, 0.25) is 0 Å². The Morgan fingerprint density at radius 1 is 1.55 bits per heavy atom. The van der Waals surface area contributed by atoms with Gasteiger partial charge < -0.3 is 11.5 Å². The first-order valence-corrected chi connectivity index (χ1v) is 4.68. The van der Waals surface area contributed by atoms with Gasteiger partial charge in [-0.25, -0.2) is 0 Å². The number of rotatable bonds is 4. The second-order valence-electron chi connectivity index (χ2n) is 3.02. The maximum Gasteiger partial charge on any atom is 0.276 e. The number of carbonyl (C=O) groups is 1. The van der Waals surface area contributed by atoms with Crippen LogP contribution in [0.3, 0.4) is 0 Å². The number of nitrogens with two attached hydrogens (primary N) is 2. The summed E-state index contributed by atoms with van der Waals surface area (Å²) >= 11 is 1.10. The molecule has 66 valence electrons. The Bertz CT molecular complexity index is 128. The summed E-state index contributed by atoms with van der Waals surface area (Å²) in [6.07, 6.45) is 0.945. The third-order valence-corrected chi connectivity index (χ3v) is 2.09. The summed E-state index contributed by atoms with van der Waals surface area (Å²) in [6, 6.07) is 0.0903. The first-order valence-electron chi connectivity index (χ1n) is 3.70. The first kappa shape index (κ1) is 10.8. The molecular weight excluding hydrogens is 160 g/mol. The summed E-state index contributed by atoms with van der Waals surface area (Å²) in [5, 5.41) is -0.343. The van der Waals surface area contributed by atoms with E-state index < -0.39 is 0 Å². The molecule has 0 heterocycles. The maximum atomic E-state index is 10.3. The first-order chi connectivity index (χ1) is 5.02. The lowest BCUT2D eigenvalue weighted by Crippen LogP contribution is -2.26. The Morgan fingerprint density at radius 2 is 2.09 bits per heavy atom. The molecule has 4 heteroatoms. The van der Waals surface area contributed by atoms with Gasteiger partial charge in [0, 0.05) is 11.8 Å². The minimum Gasteiger partial charge on any atom is -0.361 e. The van der Waals surface area contributed by atoms with Crippen molar-refractivity contribution in [3.63, 3.8) is 0 Å². The topological polar surface area (TPSA) is 69.1 Å². The fraction of sp³-hybridized carbons (Fsp3) is 0.857. The van der Waals surface area contributed by atoms with E-state index in [1.165, 1.54) is 0 Å². The van der Waals surface area contributed by atoms with E-state index in [2.05, 4.69) is 13.8 Å². The average Bonchev–Trinajstić information content (AvgIpc) is 1.82. The average molecular weight is 176 g/mol. The van der Waals surface area contributed by atoms with Gasteiger partial charge in [0.1, 0.15) is 0 Å². The summed E-state index contributed by atoms with van der Waals surface area (Å²) < 4.78 is 0. The molecule has 0 unspecified atom stereocenters. The summed E-state index contributed by atoms with van der Waals surface area (Å²) in [4.78, 5) is 10.3.